The molecule has 5 nitrogen and oxygen atoms in total. The molecular weight excluding hydrogens is 216 g/mol. The largest absolute Gasteiger partial charge is 0.327 e. The minimum atomic E-state index is -3.47. The van der Waals surface area contributed by atoms with Crippen LogP contribution in [-0.4, -0.2) is 26.1 Å². The zero-order chi connectivity index (χ0) is 11.7. The summed E-state index contributed by atoms with van der Waals surface area (Å²) in [5.41, 5.74) is 5.08. The van der Waals surface area contributed by atoms with Gasteiger partial charge < -0.3 is 5.73 Å². The van der Waals surface area contributed by atoms with Gasteiger partial charge in [-0.15, -0.1) is 0 Å². The maximum atomic E-state index is 11.8. The van der Waals surface area contributed by atoms with Gasteiger partial charge >= 0.3 is 0 Å². The molecule has 0 bridgehead atoms. The lowest BCUT2D eigenvalue weighted by Crippen LogP contribution is -2.49. The van der Waals surface area contributed by atoms with Gasteiger partial charge in [0.05, 0.1) is 11.2 Å². The Balaban J connectivity index is 2.77. The normalized spacial score (nSPS) is 31.5. The molecule has 0 radical (unpaired) electrons. The molecule has 0 aromatic rings. The third-order valence-electron chi connectivity index (χ3n) is 3.18. The summed E-state index contributed by atoms with van der Waals surface area (Å²) < 4.78 is 24.6. The molecule has 6 heteroatoms. The second kappa shape index (κ2) is 4.09. The van der Waals surface area contributed by atoms with Crippen molar-refractivity contribution < 1.29 is 13.2 Å². The van der Waals surface area contributed by atoms with Crippen molar-refractivity contribution in [3.63, 3.8) is 0 Å². The SMILES string of the molecule is CCS(=O)(=O)NC(=O)C1(C)CCCC1N. The molecule has 0 spiro atoms. The second-order valence-electron chi connectivity index (χ2n) is 4.25. The van der Waals surface area contributed by atoms with E-state index in [4.69, 9.17) is 5.73 Å². The number of carbonyl (C=O) groups excluding carboxylic acids is 1. The fourth-order valence-electron chi connectivity index (χ4n) is 1.81. The van der Waals surface area contributed by atoms with Gasteiger partial charge in [0, 0.05) is 6.04 Å². The average Bonchev–Trinajstić information content (AvgIpc) is 2.48. The van der Waals surface area contributed by atoms with Gasteiger partial charge in [0.1, 0.15) is 0 Å². The van der Waals surface area contributed by atoms with Gasteiger partial charge in [0.2, 0.25) is 15.9 Å². The van der Waals surface area contributed by atoms with Gasteiger partial charge in [-0.3, -0.25) is 9.52 Å². The molecule has 0 saturated heterocycles. The molecule has 1 rings (SSSR count). The van der Waals surface area contributed by atoms with E-state index < -0.39 is 21.3 Å². The summed E-state index contributed by atoms with van der Waals surface area (Å²) in [4.78, 5) is 11.8. The standard InChI is InChI=1S/C9H18N2O3S/c1-3-15(13,14)11-8(12)9(2)6-4-5-7(9)10/h7H,3-6,10H2,1-2H3,(H,11,12). The summed E-state index contributed by atoms with van der Waals surface area (Å²) in [6.07, 6.45) is 2.30. The maximum absolute atomic E-state index is 11.8. The highest BCUT2D eigenvalue weighted by atomic mass is 32.2. The fraction of sp³-hybridized carbons (Fsp3) is 0.889. The van der Waals surface area contributed by atoms with Crippen LogP contribution in [0.2, 0.25) is 0 Å². The van der Waals surface area contributed by atoms with E-state index >= 15 is 0 Å². The molecule has 1 amide bonds. The Labute approximate surface area is 90.5 Å². The monoisotopic (exact) mass is 234 g/mol. The minimum absolute atomic E-state index is 0.0932. The summed E-state index contributed by atoms with van der Waals surface area (Å²) in [6, 6.07) is -0.246. The molecule has 0 aliphatic heterocycles. The molecule has 1 aliphatic carbocycles. The quantitative estimate of drug-likeness (QED) is 0.717. The first kappa shape index (κ1) is 12.4. The second-order valence-corrected chi connectivity index (χ2v) is 6.26. The van der Waals surface area contributed by atoms with Crippen LogP contribution in [0.3, 0.4) is 0 Å². The number of carbonyl (C=O) groups is 1. The molecule has 0 heterocycles. The number of sulfonamides is 1. The Morgan fingerprint density at radius 3 is 2.60 bits per heavy atom. The Morgan fingerprint density at radius 2 is 2.20 bits per heavy atom. The first-order chi connectivity index (χ1) is 6.82. The summed E-state index contributed by atoms with van der Waals surface area (Å²) in [6.45, 7) is 3.22. The number of nitrogens with two attached hydrogens (primary N) is 1. The summed E-state index contributed by atoms with van der Waals surface area (Å²) >= 11 is 0. The Kier molecular flexibility index (Phi) is 3.40. The number of hydrogen-bond donors (Lipinski definition) is 2. The number of rotatable bonds is 3. The van der Waals surface area contributed by atoms with Crippen molar-refractivity contribution in [2.75, 3.05) is 5.75 Å². The van der Waals surface area contributed by atoms with E-state index in [1.165, 1.54) is 6.92 Å². The Bertz CT molecular complexity index is 352. The number of amides is 1. The first-order valence-corrected chi connectivity index (χ1v) is 6.77. The minimum Gasteiger partial charge on any atom is -0.327 e. The van der Waals surface area contributed by atoms with Crippen LogP contribution in [0.5, 0.6) is 0 Å². The lowest BCUT2D eigenvalue weighted by atomic mass is 9.85. The molecule has 15 heavy (non-hydrogen) atoms. The average molecular weight is 234 g/mol. The highest BCUT2D eigenvalue weighted by molar-refractivity contribution is 7.90. The van der Waals surface area contributed by atoms with Crippen LogP contribution in [0.4, 0.5) is 0 Å². The van der Waals surface area contributed by atoms with Crippen LogP contribution in [-0.2, 0) is 14.8 Å². The molecule has 3 N–H and O–H groups in total. The van der Waals surface area contributed by atoms with Gasteiger partial charge in [0.25, 0.3) is 0 Å². The molecule has 88 valence electrons. The smallest absolute Gasteiger partial charge is 0.240 e. The molecule has 0 aromatic carbocycles. The van der Waals surface area contributed by atoms with Crippen molar-refractivity contribution >= 4 is 15.9 Å². The van der Waals surface area contributed by atoms with E-state index in [0.29, 0.717) is 6.42 Å². The summed E-state index contributed by atoms with van der Waals surface area (Å²) in [7, 11) is -3.47. The molecule has 2 unspecified atom stereocenters. The Hall–Kier alpha value is -0.620. The zero-order valence-corrected chi connectivity index (χ0v) is 9.93. The molecule has 1 fully saturated rings. The number of hydrogen-bond acceptors (Lipinski definition) is 4. The lowest BCUT2D eigenvalue weighted by Gasteiger charge is -2.27. The van der Waals surface area contributed by atoms with Crippen molar-refractivity contribution in [3.05, 3.63) is 0 Å². The van der Waals surface area contributed by atoms with E-state index in [9.17, 15) is 13.2 Å². The van der Waals surface area contributed by atoms with Crippen molar-refractivity contribution in [2.45, 2.75) is 39.2 Å². The third kappa shape index (κ3) is 2.49. The zero-order valence-electron chi connectivity index (χ0n) is 9.12. The van der Waals surface area contributed by atoms with Gasteiger partial charge in [-0.1, -0.05) is 6.42 Å². The predicted molar refractivity (Wildman–Crippen MR) is 57.5 cm³/mol. The van der Waals surface area contributed by atoms with Crippen LogP contribution >= 0.6 is 0 Å². The van der Waals surface area contributed by atoms with Crippen LogP contribution in [0.25, 0.3) is 0 Å². The van der Waals surface area contributed by atoms with Crippen LogP contribution in [0.15, 0.2) is 0 Å². The van der Waals surface area contributed by atoms with Gasteiger partial charge in [0.15, 0.2) is 0 Å². The molecule has 0 aromatic heterocycles. The van der Waals surface area contributed by atoms with E-state index in [1.807, 2.05) is 0 Å². The number of nitrogens with one attached hydrogen (secondary N) is 1. The predicted octanol–water partition coefficient (Wildman–Crippen LogP) is -0.0302. The third-order valence-corrected chi connectivity index (χ3v) is 4.43. The summed E-state index contributed by atoms with van der Waals surface area (Å²) in [5, 5.41) is 0. The molecule has 1 aliphatic rings. The van der Waals surface area contributed by atoms with Gasteiger partial charge in [-0.25, -0.2) is 8.42 Å². The first-order valence-electron chi connectivity index (χ1n) is 5.12. The highest BCUT2D eigenvalue weighted by Crippen LogP contribution is 2.36. The van der Waals surface area contributed by atoms with E-state index in [-0.39, 0.29) is 11.8 Å². The lowest BCUT2D eigenvalue weighted by molar-refractivity contribution is -0.128. The Morgan fingerprint density at radius 1 is 1.60 bits per heavy atom. The molecule has 2 atom stereocenters. The van der Waals surface area contributed by atoms with Crippen LogP contribution < -0.4 is 10.5 Å². The van der Waals surface area contributed by atoms with Gasteiger partial charge in [-0.2, -0.15) is 0 Å². The van der Waals surface area contributed by atoms with E-state index in [0.717, 1.165) is 12.8 Å². The van der Waals surface area contributed by atoms with Crippen molar-refractivity contribution in [3.8, 4) is 0 Å². The van der Waals surface area contributed by atoms with E-state index in [1.54, 1.807) is 6.92 Å². The molecular formula is C9H18N2O3S. The maximum Gasteiger partial charge on any atom is 0.240 e. The van der Waals surface area contributed by atoms with Crippen molar-refractivity contribution in [1.82, 2.24) is 4.72 Å². The van der Waals surface area contributed by atoms with Gasteiger partial charge in [-0.05, 0) is 26.7 Å². The topological polar surface area (TPSA) is 89.3 Å². The van der Waals surface area contributed by atoms with Crippen molar-refractivity contribution in [1.29, 1.82) is 0 Å². The van der Waals surface area contributed by atoms with Crippen molar-refractivity contribution in [2.24, 2.45) is 11.1 Å². The molecule has 1 saturated carbocycles. The van der Waals surface area contributed by atoms with Crippen LogP contribution in [0, 0.1) is 5.41 Å². The van der Waals surface area contributed by atoms with Crippen LogP contribution in [0.1, 0.15) is 33.1 Å². The fourth-order valence-corrected chi connectivity index (χ4v) is 2.47. The summed E-state index contributed by atoms with van der Waals surface area (Å²) in [5.74, 6) is -0.557. The highest BCUT2D eigenvalue weighted by Gasteiger charge is 2.43. The van der Waals surface area contributed by atoms with E-state index in [2.05, 4.69) is 4.72 Å².